The molecule has 0 aliphatic carbocycles. The lowest BCUT2D eigenvalue weighted by molar-refractivity contribution is -0.274. The second-order valence-electron chi connectivity index (χ2n) is 7.56. The largest absolute Gasteiger partial charge is 0.573 e. The highest BCUT2D eigenvalue weighted by Gasteiger charge is 2.32. The van der Waals surface area contributed by atoms with E-state index in [1.54, 1.807) is 32.6 Å². The van der Waals surface area contributed by atoms with Gasteiger partial charge in [-0.05, 0) is 46.2 Å². The smallest absolute Gasteiger partial charge is 0.462 e. The molecule has 7 nitrogen and oxygen atoms in total. The summed E-state index contributed by atoms with van der Waals surface area (Å²) >= 11 is 0. The molecule has 1 aliphatic rings. The van der Waals surface area contributed by atoms with Gasteiger partial charge in [-0.3, -0.25) is 0 Å². The van der Waals surface area contributed by atoms with Gasteiger partial charge in [0.15, 0.2) is 0 Å². The molecule has 0 radical (unpaired) electrons. The van der Waals surface area contributed by atoms with Crippen molar-refractivity contribution >= 4 is 17.7 Å². The quantitative estimate of drug-likeness (QED) is 0.732. The van der Waals surface area contributed by atoms with Gasteiger partial charge in [0.1, 0.15) is 11.4 Å². The SMILES string of the molecule is CCOC(=O)c1cc(OC(F)(F)F)cc(N2CCC(NC(=O)OC(C)(C)C)C2)c1. The lowest BCUT2D eigenvalue weighted by atomic mass is 10.1. The van der Waals surface area contributed by atoms with Crippen LogP contribution in [0.1, 0.15) is 44.5 Å². The van der Waals surface area contributed by atoms with Crippen LogP contribution in [-0.2, 0) is 9.47 Å². The molecule has 1 amide bonds. The van der Waals surface area contributed by atoms with Gasteiger partial charge >= 0.3 is 18.4 Å². The van der Waals surface area contributed by atoms with Crippen molar-refractivity contribution in [3.8, 4) is 5.75 Å². The molecule has 1 aromatic rings. The van der Waals surface area contributed by atoms with Crippen LogP contribution in [0.5, 0.6) is 5.75 Å². The highest BCUT2D eigenvalue weighted by Crippen LogP contribution is 2.31. The van der Waals surface area contributed by atoms with Gasteiger partial charge in [-0.15, -0.1) is 13.2 Å². The number of carbonyl (C=O) groups excluding carboxylic acids is 2. The third-order valence-electron chi connectivity index (χ3n) is 3.91. The lowest BCUT2D eigenvalue weighted by Gasteiger charge is -2.23. The Kier molecular flexibility index (Phi) is 6.86. The van der Waals surface area contributed by atoms with E-state index in [0.29, 0.717) is 25.2 Å². The molecule has 0 bridgehead atoms. The average Bonchev–Trinajstić information content (AvgIpc) is 2.99. The number of nitrogens with one attached hydrogen (secondary N) is 1. The molecule has 1 heterocycles. The maximum Gasteiger partial charge on any atom is 0.573 e. The summed E-state index contributed by atoms with van der Waals surface area (Å²) < 4.78 is 52.1. The Morgan fingerprint density at radius 3 is 2.48 bits per heavy atom. The second kappa shape index (κ2) is 8.79. The van der Waals surface area contributed by atoms with E-state index >= 15 is 0 Å². The van der Waals surface area contributed by atoms with Crippen LogP contribution in [0, 0.1) is 0 Å². The van der Waals surface area contributed by atoms with Crippen LogP contribution in [0.4, 0.5) is 23.7 Å². The summed E-state index contributed by atoms with van der Waals surface area (Å²) in [7, 11) is 0. The summed E-state index contributed by atoms with van der Waals surface area (Å²) in [6.07, 6.45) is -4.89. The first kappa shape index (κ1) is 22.6. The third kappa shape index (κ3) is 7.35. The van der Waals surface area contributed by atoms with Crippen LogP contribution in [0.3, 0.4) is 0 Å². The van der Waals surface area contributed by atoms with E-state index in [0.717, 1.165) is 6.07 Å². The second-order valence-corrected chi connectivity index (χ2v) is 7.56. The molecule has 29 heavy (non-hydrogen) atoms. The number of anilines is 1. The third-order valence-corrected chi connectivity index (χ3v) is 3.91. The Labute approximate surface area is 167 Å². The number of hydrogen-bond donors (Lipinski definition) is 1. The topological polar surface area (TPSA) is 77.1 Å². The van der Waals surface area contributed by atoms with Crippen molar-refractivity contribution in [2.45, 2.75) is 52.1 Å². The fourth-order valence-corrected chi connectivity index (χ4v) is 2.88. The van der Waals surface area contributed by atoms with Crippen molar-refractivity contribution in [3.05, 3.63) is 23.8 Å². The van der Waals surface area contributed by atoms with Crippen molar-refractivity contribution in [2.24, 2.45) is 0 Å². The molecule has 1 unspecified atom stereocenters. The van der Waals surface area contributed by atoms with Gasteiger partial charge < -0.3 is 24.4 Å². The summed E-state index contributed by atoms with van der Waals surface area (Å²) in [6, 6.07) is 3.38. The van der Waals surface area contributed by atoms with Gasteiger partial charge in [0.25, 0.3) is 0 Å². The molecular formula is C19H25F3N2O5. The van der Waals surface area contributed by atoms with Crippen LogP contribution in [0.15, 0.2) is 18.2 Å². The Morgan fingerprint density at radius 2 is 1.90 bits per heavy atom. The van der Waals surface area contributed by atoms with Crippen LogP contribution in [0.25, 0.3) is 0 Å². The zero-order valence-corrected chi connectivity index (χ0v) is 16.8. The van der Waals surface area contributed by atoms with Crippen LogP contribution < -0.4 is 15.0 Å². The molecule has 162 valence electrons. The number of amides is 1. The first-order chi connectivity index (χ1) is 13.4. The first-order valence-electron chi connectivity index (χ1n) is 9.18. The van der Waals surface area contributed by atoms with E-state index < -0.39 is 29.8 Å². The molecule has 1 N–H and O–H groups in total. The summed E-state index contributed by atoms with van der Waals surface area (Å²) in [6.45, 7) is 7.74. The number of benzene rings is 1. The Balaban J connectivity index is 2.16. The number of esters is 1. The zero-order chi connectivity index (χ0) is 21.8. The molecule has 2 rings (SSSR count). The van der Waals surface area contributed by atoms with E-state index in [-0.39, 0.29) is 18.2 Å². The number of ether oxygens (including phenoxy) is 3. The van der Waals surface area contributed by atoms with Gasteiger partial charge in [-0.25, -0.2) is 9.59 Å². The molecule has 1 saturated heterocycles. The fourth-order valence-electron chi connectivity index (χ4n) is 2.88. The first-order valence-corrected chi connectivity index (χ1v) is 9.18. The number of halogens is 3. The van der Waals surface area contributed by atoms with E-state index in [2.05, 4.69) is 10.1 Å². The minimum Gasteiger partial charge on any atom is -0.462 e. The predicted molar refractivity (Wildman–Crippen MR) is 99.1 cm³/mol. The highest BCUT2D eigenvalue weighted by atomic mass is 19.4. The van der Waals surface area contributed by atoms with Gasteiger partial charge in [-0.1, -0.05) is 0 Å². The van der Waals surface area contributed by atoms with E-state index in [1.807, 2.05) is 0 Å². The van der Waals surface area contributed by atoms with E-state index in [4.69, 9.17) is 9.47 Å². The molecule has 1 atom stereocenters. The molecular weight excluding hydrogens is 393 g/mol. The van der Waals surface area contributed by atoms with Gasteiger partial charge in [-0.2, -0.15) is 0 Å². The van der Waals surface area contributed by atoms with Crippen molar-refractivity contribution in [1.29, 1.82) is 0 Å². The van der Waals surface area contributed by atoms with Crippen LogP contribution in [-0.4, -0.2) is 49.8 Å². The maximum absolute atomic E-state index is 12.7. The average molecular weight is 418 g/mol. The van der Waals surface area contributed by atoms with Crippen LogP contribution >= 0.6 is 0 Å². The van der Waals surface area contributed by atoms with E-state index in [1.165, 1.54) is 12.1 Å². The van der Waals surface area contributed by atoms with E-state index in [9.17, 15) is 22.8 Å². The molecule has 1 aromatic carbocycles. The van der Waals surface area contributed by atoms with Gasteiger partial charge in [0.05, 0.1) is 18.2 Å². The standard InChI is InChI=1S/C19H25F3N2O5/c1-5-27-16(25)12-8-14(10-15(9-12)28-19(20,21)22)24-7-6-13(11-24)23-17(26)29-18(2,3)4/h8-10,13H,5-7,11H2,1-4H3,(H,23,26). The molecule has 0 saturated carbocycles. The number of hydrogen-bond acceptors (Lipinski definition) is 6. The van der Waals surface area contributed by atoms with Crippen molar-refractivity contribution in [3.63, 3.8) is 0 Å². The van der Waals surface area contributed by atoms with Crippen molar-refractivity contribution in [2.75, 3.05) is 24.6 Å². The molecule has 0 aromatic heterocycles. The maximum atomic E-state index is 12.7. The predicted octanol–water partition coefficient (Wildman–Crippen LogP) is 3.87. The zero-order valence-electron chi connectivity index (χ0n) is 16.8. The number of rotatable bonds is 5. The Morgan fingerprint density at radius 1 is 1.21 bits per heavy atom. The molecule has 10 heteroatoms. The highest BCUT2D eigenvalue weighted by molar-refractivity contribution is 5.91. The summed E-state index contributed by atoms with van der Waals surface area (Å²) in [4.78, 5) is 25.7. The monoisotopic (exact) mass is 418 g/mol. The molecule has 0 spiro atoms. The molecule has 1 aliphatic heterocycles. The number of alkyl carbamates (subject to hydrolysis) is 1. The fraction of sp³-hybridized carbons (Fsp3) is 0.579. The van der Waals surface area contributed by atoms with Gasteiger partial charge in [0.2, 0.25) is 0 Å². The van der Waals surface area contributed by atoms with Gasteiger partial charge in [0, 0.05) is 24.8 Å². The minimum absolute atomic E-state index is 0.0489. The minimum atomic E-state index is -4.89. The van der Waals surface area contributed by atoms with Crippen molar-refractivity contribution in [1.82, 2.24) is 5.32 Å². The number of carbonyl (C=O) groups is 2. The van der Waals surface area contributed by atoms with Crippen molar-refractivity contribution < 1.29 is 37.0 Å². The number of nitrogens with zero attached hydrogens (tertiary/aromatic N) is 1. The Bertz CT molecular complexity index is 746. The normalized spacial score (nSPS) is 17.1. The summed E-state index contributed by atoms with van der Waals surface area (Å²) in [5.74, 6) is -1.26. The molecule has 1 fully saturated rings. The lowest BCUT2D eigenvalue weighted by Crippen LogP contribution is -2.40. The number of alkyl halides is 3. The Hall–Kier alpha value is -2.65. The summed E-state index contributed by atoms with van der Waals surface area (Å²) in [5, 5.41) is 2.74. The van der Waals surface area contributed by atoms with Crippen LogP contribution in [0.2, 0.25) is 0 Å². The summed E-state index contributed by atoms with van der Waals surface area (Å²) in [5.41, 5.74) is -0.323.